The summed E-state index contributed by atoms with van der Waals surface area (Å²) in [5.41, 5.74) is 1.77. The second kappa shape index (κ2) is 5.38. The van der Waals surface area contributed by atoms with Gasteiger partial charge in [-0.15, -0.1) is 10.2 Å². The molecule has 2 N–H and O–H groups in total. The highest BCUT2D eigenvalue weighted by molar-refractivity contribution is 5.55. The van der Waals surface area contributed by atoms with Gasteiger partial charge in [0.15, 0.2) is 5.82 Å². The molecule has 2 aromatic rings. The summed E-state index contributed by atoms with van der Waals surface area (Å²) < 4.78 is 5.42. The Hall–Kier alpha value is -1.92. The lowest BCUT2D eigenvalue weighted by atomic mass is 10.2. The van der Waals surface area contributed by atoms with Gasteiger partial charge in [0.05, 0.1) is 25.0 Å². The molecule has 0 saturated carbocycles. The van der Waals surface area contributed by atoms with Gasteiger partial charge in [0.2, 0.25) is 0 Å². The molecule has 3 rings (SSSR count). The van der Waals surface area contributed by atoms with Gasteiger partial charge in [-0.05, 0) is 24.3 Å². The molecule has 19 heavy (non-hydrogen) atoms. The highest BCUT2D eigenvalue weighted by Gasteiger charge is 2.21. The van der Waals surface area contributed by atoms with Crippen LogP contribution in [0.4, 0.5) is 5.82 Å². The van der Waals surface area contributed by atoms with Crippen LogP contribution in [0.2, 0.25) is 0 Å². The third kappa shape index (κ3) is 2.59. The van der Waals surface area contributed by atoms with E-state index < -0.39 is 0 Å². The van der Waals surface area contributed by atoms with Crippen LogP contribution in [0.15, 0.2) is 30.5 Å². The SMILES string of the molecule is OCC1CN(c2ccc(-c3ccc[nH]3)nn2)CCO1. The van der Waals surface area contributed by atoms with Crippen LogP contribution in [0.1, 0.15) is 0 Å². The Morgan fingerprint density at radius 1 is 1.37 bits per heavy atom. The number of rotatable bonds is 3. The van der Waals surface area contributed by atoms with E-state index in [9.17, 15) is 0 Å². The average Bonchev–Trinajstić information content (AvgIpc) is 3.02. The van der Waals surface area contributed by atoms with E-state index in [1.54, 1.807) is 0 Å². The van der Waals surface area contributed by atoms with Crippen LogP contribution in [0.25, 0.3) is 11.4 Å². The maximum absolute atomic E-state index is 9.13. The second-order valence-electron chi connectivity index (χ2n) is 4.48. The number of aliphatic hydroxyl groups excluding tert-OH is 1. The first-order valence-electron chi connectivity index (χ1n) is 6.32. The van der Waals surface area contributed by atoms with E-state index in [0.29, 0.717) is 13.2 Å². The number of aromatic amines is 1. The first kappa shape index (κ1) is 12.1. The molecule has 3 heterocycles. The van der Waals surface area contributed by atoms with Crippen molar-refractivity contribution in [2.45, 2.75) is 6.10 Å². The van der Waals surface area contributed by atoms with Gasteiger partial charge in [0.1, 0.15) is 5.69 Å². The van der Waals surface area contributed by atoms with Crippen molar-refractivity contribution in [2.75, 3.05) is 31.2 Å². The van der Waals surface area contributed by atoms with Gasteiger partial charge in [-0.1, -0.05) is 0 Å². The zero-order valence-electron chi connectivity index (χ0n) is 10.5. The average molecular weight is 260 g/mol. The monoisotopic (exact) mass is 260 g/mol. The number of anilines is 1. The molecule has 1 aliphatic rings. The van der Waals surface area contributed by atoms with E-state index in [0.717, 1.165) is 23.8 Å². The summed E-state index contributed by atoms with van der Waals surface area (Å²) in [5.74, 6) is 0.817. The number of aliphatic hydroxyl groups is 1. The van der Waals surface area contributed by atoms with Crippen LogP contribution in [0.3, 0.4) is 0 Å². The van der Waals surface area contributed by atoms with Gasteiger partial charge < -0.3 is 19.7 Å². The van der Waals surface area contributed by atoms with E-state index in [4.69, 9.17) is 9.84 Å². The first-order chi connectivity index (χ1) is 9.36. The fourth-order valence-corrected chi connectivity index (χ4v) is 2.17. The fraction of sp³-hybridized carbons (Fsp3) is 0.385. The zero-order valence-corrected chi connectivity index (χ0v) is 10.5. The van der Waals surface area contributed by atoms with Gasteiger partial charge in [-0.2, -0.15) is 0 Å². The first-order valence-corrected chi connectivity index (χ1v) is 6.32. The Labute approximate surface area is 111 Å². The predicted molar refractivity (Wildman–Crippen MR) is 70.9 cm³/mol. The van der Waals surface area contributed by atoms with Crippen molar-refractivity contribution in [3.63, 3.8) is 0 Å². The number of ether oxygens (including phenoxy) is 1. The molecule has 0 bridgehead atoms. The van der Waals surface area contributed by atoms with Gasteiger partial charge >= 0.3 is 0 Å². The van der Waals surface area contributed by atoms with E-state index in [1.165, 1.54) is 0 Å². The molecule has 2 aromatic heterocycles. The van der Waals surface area contributed by atoms with Gasteiger partial charge in [0.25, 0.3) is 0 Å². The Bertz CT molecular complexity index is 512. The molecule has 0 aromatic carbocycles. The van der Waals surface area contributed by atoms with Gasteiger partial charge in [-0.3, -0.25) is 0 Å². The maximum Gasteiger partial charge on any atom is 0.151 e. The van der Waals surface area contributed by atoms with Gasteiger partial charge in [0, 0.05) is 19.3 Å². The van der Waals surface area contributed by atoms with Crippen LogP contribution in [0, 0.1) is 0 Å². The molecular formula is C13H16N4O2. The Balaban J connectivity index is 1.75. The summed E-state index contributed by atoms with van der Waals surface area (Å²) in [7, 11) is 0. The van der Waals surface area contributed by atoms with E-state index in [2.05, 4.69) is 20.1 Å². The summed E-state index contributed by atoms with van der Waals surface area (Å²) in [4.78, 5) is 5.18. The van der Waals surface area contributed by atoms with Crippen LogP contribution >= 0.6 is 0 Å². The second-order valence-corrected chi connectivity index (χ2v) is 4.48. The topological polar surface area (TPSA) is 74.3 Å². The largest absolute Gasteiger partial charge is 0.394 e. The summed E-state index contributed by atoms with van der Waals surface area (Å²) in [6.45, 7) is 2.05. The molecule has 1 saturated heterocycles. The van der Waals surface area contributed by atoms with Crippen molar-refractivity contribution in [3.8, 4) is 11.4 Å². The molecule has 0 amide bonds. The van der Waals surface area contributed by atoms with Crippen LogP contribution in [-0.2, 0) is 4.74 Å². The maximum atomic E-state index is 9.13. The molecule has 6 heteroatoms. The van der Waals surface area contributed by atoms with Crippen molar-refractivity contribution >= 4 is 5.82 Å². The van der Waals surface area contributed by atoms with Crippen molar-refractivity contribution in [1.82, 2.24) is 15.2 Å². The Morgan fingerprint density at radius 3 is 3.00 bits per heavy atom. The van der Waals surface area contributed by atoms with Crippen molar-refractivity contribution in [2.24, 2.45) is 0 Å². The number of hydrogen-bond acceptors (Lipinski definition) is 5. The normalized spacial score (nSPS) is 19.6. The minimum atomic E-state index is -0.140. The summed E-state index contributed by atoms with van der Waals surface area (Å²) in [6.07, 6.45) is 1.72. The lowest BCUT2D eigenvalue weighted by Gasteiger charge is -2.32. The number of H-pyrrole nitrogens is 1. The highest BCUT2D eigenvalue weighted by Crippen LogP contribution is 2.18. The van der Waals surface area contributed by atoms with Crippen molar-refractivity contribution in [3.05, 3.63) is 30.5 Å². The molecule has 100 valence electrons. The summed E-state index contributed by atoms with van der Waals surface area (Å²) in [5, 5.41) is 17.6. The number of aromatic nitrogens is 3. The van der Waals surface area contributed by atoms with Crippen molar-refractivity contribution < 1.29 is 9.84 Å². The lowest BCUT2D eigenvalue weighted by Crippen LogP contribution is -2.44. The number of morpholine rings is 1. The Morgan fingerprint density at radius 2 is 2.32 bits per heavy atom. The standard InChI is InChI=1S/C13H16N4O2/c18-9-10-8-17(6-7-19-10)13-4-3-12(15-16-13)11-2-1-5-14-11/h1-5,10,14,18H,6-9H2. The number of nitrogens with one attached hydrogen (secondary N) is 1. The quantitative estimate of drug-likeness (QED) is 0.848. The van der Waals surface area contributed by atoms with Crippen molar-refractivity contribution in [1.29, 1.82) is 0 Å². The van der Waals surface area contributed by atoms with E-state index in [-0.39, 0.29) is 12.7 Å². The fourth-order valence-electron chi connectivity index (χ4n) is 2.17. The van der Waals surface area contributed by atoms with Gasteiger partial charge in [-0.25, -0.2) is 0 Å². The highest BCUT2D eigenvalue weighted by atomic mass is 16.5. The third-order valence-corrected chi connectivity index (χ3v) is 3.19. The molecule has 1 unspecified atom stereocenters. The molecular weight excluding hydrogens is 244 g/mol. The molecule has 1 fully saturated rings. The lowest BCUT2D eigenvalue weighted by molar-refractivity contribution is 0.00332. The molecule has 0 aliphatic carbocycles. The molecule has 0 radical (unpaired) electrons. The number of hydrogen-bond donors (Lipinski definition) is 2. The molecule has 1 atom stereocenters. The zero-order chi connectivity index (χ0) is 13.1. The summed E-state index contributed by atoms with van der Waals surface area (Å²) >= 11 is 0. The predicted octanol–water partition coefficient (Wildman–Crippen LogP) is 0.669. The van der Waals surface area contributed by atoms with Crippen LogP contribution in [-0.4, -0.2) is 52.7 Å². The minimum absolute atomic E-state index is 0.0322. The van der Waals surface area contributed by atoms with Crippen LogP contribution in [0.5, 0.6) is 0 Å². The Kier molecular flexibility index (Phi) is 3.43. The molecule has 6 nitrogen and oxygen atoms in total. The summed E-state index contributed by atoms with van der Waals surface area (Å²) in [6, 6.07) is 7.78. The van der Waals surface area contributed by atoms with E-state index >= 15 is 0 Å². The van der Waals surface area contributed by atoms with E-state index in [1.807, 2.05) is 30.5 Å². The molecule has 0 spiro atoms. The minimum Gasteiger partial charge on any atom is -0.394 e. The van der Waals surface area contributed by atoms with Crippen LogP contribution < -0.4 is 4.90 Å². The smallest absolute Gasteiger partial charge is 0.151 e. The number of nitrogens with zero attached hydrogens (tertiary/aromatic N) is 3. The third-order valence-electron chi connectivity index (χ3n) is 3.19. The molecule has 1 aliphatic heterocycles.